The highest BCUT2D eigenvalue weighted by Crippen LogP contribution is 2.37. The number of hydrogen-bond acceptors (Lipinski definition) is 3. The third kappa shape index (κ3) is 2.14. The maximum absolute atomic E-state index is 14.1. The number of H-pyrrole nitrogens is 1. The van der Waals surface area contributed by atoms with E-state index in [9.17, 15) is 4.39 Å². The molecule has 1 spiro atoms. The summed E-state index contributed by atoms with van der Waals surface area (Å²) in [6, 6.07) is 6.64. The lowest BCUT2D eigenvalue weighted by atomic mass is 9.81. The molecule has 5 heteroatoms. The molecule has 3 aliphatic rings. The van der Waals surface area contributed by atoms with Crippen molar-refractivity contribution in [3.63, 3.8) is 0 Å². The summed E-state index contributed by atoms with van der Waals surface area (Å²) in [6.07, 6.45) is 5.21. The van der Waals surface area contributed by atoms with Gasteiger partial charge in [-0.3, -0.25) is 9.98 Å². The number of ether oxygens (including phenoxy) is 1. The molecular formula is C19H20FN3O. The summed E-state index contributed by atoms with van der Waals surface area (Å²) >= 11 is 0. The molecule has 0 saturated carbocycles. The van der Waals surface area contributed by atoms with Crippen molar-refractivity contribution >= 4 is 0 Å². The second-order valence-electron chi connectivity index (χ2n) is 7.10. The molecule has 2 aromatic rings. The molecular weight excluding hydrogens is 305 g/mol. The number of aromatic amines is 1. The zero-order valence-corrected chi connectivity index (χ0v) is 13.5. The van der Waals surface area contributed by atoms with Gasteiger partial charge in [-0.05, 0) is 31.7 Å². The van der Waals surface area contributed by atoms with E-state index in [1.807, 2.05) is 12.1 Å². The van der Waals surface area contributed by atoms with Gasteiger partial charge in [0.05, 0.1) is 18.2 Å². The van der Waals surface area contributed by atoms with Crippen LogP contribution in [0.5, 0.6) is 0 Å². The van der Waals surface area contributed by atoms with E-state index >= 15 is 0 Å². The van der Waals surface area contributed by atoms with Crippen molar-refractivity contribution in [2.24, 2.45) is 9.98 Å². The molecule has 124 valence electrons. The first kappa shape index (κ1) is 14.3. The van der Waals surface area contributed by atoms with Gasteiger partial charge in [0, 0.05) is 29.8 Å². The van der Waals surface area contributed by atoms with E-state index < -0.39 is 0 Å². The minimum absolute atomic E-state index is 0.0105. The van der Waals surface area contributed by atoms with Gasteiger partial charge in [0.15, 0.2) is 5.49 Å². The second kappa shape index (κ2) is 5.24. The summed E-state index contributed by atoms with van der Waals surface area (Å²) in [6.45, 7) is 1.36. The molecule has 1 aromatic carbocycles. The summed E-state index contributed by atoms with van der Waals surface area (Å²) in [5.74, 6) is -0.204. The quantitative estimate of drug-likeness (QED) is 0.858. The Kier molecular flexibility index (Phi) is 3.13. The fraction of sp³-hybridized carbons (Fsp3) is 0.474. The largest absolute Gasteiger partial charge is 0.375 e. The molecule has 2 atom stereocenters. The molecule has 3 heterocycles. The lowest BCUT2D eigenvalue weighted by Crippen LogP contribution is -2.39. The van der Waals surface area contributed by atoms with Gasteiger partial charge in [-0.1, -0.05) is 18.2 Å². The highest BCUT2D eigenvalue weighted by molar-refractivity contribution is 5.29. The average Bonchev–Trinajstić information content (AvgIpc) is 3.20. The lowest BCUT2D eigenvalue weighted by Gasteiger charge is -2.32. The highest BCUT2D eigenvalue weighted by Gasteiger charge is 2.40. The minimum Gasteiger partial charge on any atom is -0.375 e. The van der Waals surface area contributed by atoms with Crippen molar-refractivity contribution in [2.75, 3.05) is 13.2 Å². The van der Waals surface area contributed by atoms with Crippen molar-refractivity contribution in [2.45, 2.75) is 43.7 Å². The smallest absolute Gasteiger partial charge is 0.151 e. The van der Waals surface area contributed by atoms with E-state index in [1.54, 1.807) is 6.07 Å². The van der Waals surface area contributed by atoms with Crippen molar-refractivity contribution < 1.29 is 9.13 Å². The number of benzene rings is 1. The number of hydrogen-bond donors (Lipinski definition) is 1. The zero-order chi connectivity index (χ0) is 16.1. The Hall–Kier alpha value is -2.01. The number of halogens is 1. The molecule has 1 aromatic heterocycles. The Labute approximate surface area is 139 Å². The van der Waals surface area contributed by atoms with Gasteiger partial charge >= 0.3 is 0 Å². The molecule has 1 saturated heterocycles. The van der Waals surface area contributed by atoms with E-state index in [0.717, 1.165) is 49.6 Å². The fourth-order valence-corrected chi connectivity index (χ4v) is 4.36. The maximum Gasteiger partial charge on any atom is 0.151 e. The van der Waals surface area contributed by atoms with Crippen LogP contribution in [-0.2, 0) is 17.6 Å². The summed E-state index contributed by atoms with van der Waals surface area (Å²) in [7, 11) is 0. The molecule has 2 unspecified atom stereocenters. The molecule has 5 rings (SSSR count). The van der Waals surface area contributed by atoms with E-state index in [-0.39, 0.29) is 17.5 Å². The van der Waals surface area contributed by atoms with Crippen molar-refractivity contribution in [3.05, 3.63) is 57.7 Å². The summed E-state index contributed by atoms with van der Waals surface area (Å²) in [5, 5.41) is 0.930. The van der Waals surface area contributed by atoms with Crippen LogP contribution in [0.15, 0.2) is 34.3 Å². The van der Waals surface area contributed by atoms with Gasteiger partial charge in [-0.25, -0.2) is 4.39 Å². The summed E-state index contributed by atoms with van der Waals surface area (Å²) in [4.78, 5) is 13.0. The van der Waals surface area contributed by atoms with Gasteiger partial charge in [-0.15, -0.1) is 0 Å². The molecule has 1 fully saturated rings. The fourth-order valence-electron chi connectivity index (χ4n) is 4.36. The first-order valence-corrected chi connectivity index (χ1v) is 8.75. The Balaban J connectivity index is 1.60. The van der Waals surface area contributed by atoms with Crippen molar-refractivity contribution in [1.82, 2.24) is 4.98 Å². The molecule has 0 bridgehead atoms. The third-order valence-corrected chi connectivity index (χ3v) is 5.63. The Bertz CT molecular complexity index is 911. The molecule has 0 radical (unpaired) electrons. The highest BCUT2D eigenvalue weighted by atomic mass is 19.1. The Morgan fingerprint density at radius 2 is 2.17 bits per heavy atom. The van der Waals surface area contributed by atoms with Crippen LogP contribution in [0.25, 0.3) is 0 Å². The van der Waals surface area contributed by atoms with Gasteiger partial charge in [0.2, 0.25) is 0 Å². The lowest BCUT2D eigenvalue weighted by molar-refractivity contribution is -0.00698. The second-order valence-corrected chi connectivity index (χ2v) is 7.10. The van der Waals surface area contributed by atoms with Gasteiger partial charge in [-0.2, -0.15) is 0 Å². The monoisotopic (exact) mass is 325 g/mol. The first-order chi connectivity index (χ1) is 11.7. The predicted molar refractivity (Wildman–Crippen MR) is 87.1 cm³/mol. The number of fused-ring (bicyclic) bond motifs is 3. The van der Waals surface area contributed by atoms with Gasteiger partial charge in [0.1, 0.15) is 11.2 Å². The summed E-state index contributed by atoms with van der Waals surface area (Å²) < 4.78 is 20.2. The average molecular weight is 325 g/mol. The number of aryl methyl sites for hydroxylation is 1. The zero-order valence-electron chi connectivity index (χ0n) is 13.5. The van der Waals surface area contributed by atoms with Crippen LogP contribution < -0.4 is 10.8 Å². The topological polar surface area (TPSA) is 49.7 Å². The van der Waals surface area contributed by atoms with Gasteiger partial charge in [0.25, 0.3) is 0 Å². The van der Waals surface area contributed by atoms with Crippen LogP contribution in [0.3, 0.4) is 0 Å². The van der Waals surface area contributed by atoms with Crippen LogP contribution >= 0.6 is 0 Å². The number of rotatable bonds is 1. The van der Waals surface area contributed by atoms with Crippen LogP contribution in [0.2, 0.25) is 0 Å². The normalized spacial score (nSPS) is 28.1. The minimum atomic E-state index is -0.235. The van der Waals surface area contributed by atoms with Crippen LogP contribution in [0, 0.1) is 5.82 Å². The Morgan fingerprint density at radius 1 is 1.25 bits per heavy atom. The molecule has 1 N–H and O–H groups in total. The Morgan fingerprint density at radius 3 is 3.00 bits per heavy atom. The van der Waals surface area contributed by atoms with Crippen LogP contribution in [-0.4, -0.2) is 23.7 Å². The van der Waals surface area contributed by atoms with E-state index in [2.05, 4.69) is 9.98 Å². The number of nitrogens with one attached hydrogen (secondary N) is 1. The van der Waals surface area contributed by atoms with Crippen molar-refractivity contribution in [1.29, 1.82) is 0 Å². The predicted octanol–water partition coefficient (Wildman–Crippen LogP) is 2.19. The maximum atomic E-state index is 14.1. The SMILES string of the molecule is Fc1ccccc1C1CN=c2[nH]c3c(c2=N1)CC1(CCCO1)CC3. The van der Waals surface area contributed by atoms with Crippen molar-refractivity contribution in [3.8, 4) is 0 Å². The van der Waals surface area contributed by atoms with E-state index in [0.29, 0.717) is 12.1 Å². The third-order valence-electron chi connectivity index (χ3n) is 5.63. The molecule has 1 aliphatic carbocycles. The number of aromatic nitrogens is 1. The first-order valence-electron chi connectivity index (χ1n) is 8.75. The van der Waals surface area contributed by atoms with Crippen LogP contribution in [0.1, 0.15) is 42.1 Å². The molecule has 0 amide bonds. The molecule has 24 heavy (non-hydrogen) atoms. The number of nitrogens with zero attached hydrogens (tertiary/aromatic N) is 2. The molecule has 4 nitrogen and oxygen atoms in total. The van der Waals surface area contributed by atoms with Crippen LogP contribution in [0.4, 0.5) is 4.39 Å². The van der Waals surface area contributed by atoms with Gasteiger partial charge < -0.3 is 9.72 Å². The molecule has 2 aliphatic heterocycles. The van der Waals surface area contributed by atoms with E-state index in [1.165, 1.54) is 17.3 Å². The standard InChI is InChI=1S/C19H20FN3O/c20-14-5-2-1-4-12(14)16-11-21-18-17(22-16)13-10-19(7-3-9-24-19)8-6-15(13)23-18/h1-2,4-5,16H,3,6-11H2,(H,21,23). The summed E-state index contributed by atoms with van der Waals surface area (Å²) in [5.41, 5.74) is 3.96. The van der Waals surface area contributed by atoms with E-state index in [4.69, 9.17) is 9.73 Å².